The van der Waals surface area contributed by atoms with E-state index in [0.29, 0.717) is 23.1 Å². The van der Waals surface area contributed by atoms with Gasteiger partial charge in [-0.3, -0.25) is 4.98 Å². The molecule has 0 saturated heterocycles. The number of halogens is 2. The third-order valence-electron chi connectivity index (χ3n) is 4.18. The molecule has 0 N–H and O–H groups in total. The molecule has 1 atom stereocenters. The van der Waals surface area contributed by atoms with Crippen LogP contribution >= 0.6 is 23.2 Å². The molecule has 0 spiro atoms. The number of alkyl halides is 1. The summed E-state index contributed by atoms with van der Waals surface area (Å²) in [6.07, 6.45) is 1.65. The van der Waals surface area contributed by atoms with E-state index in [-0.39, 0.29) is 12.0 Å². The Bertz CT molecular complexity index is 882. The highest BCUT2D eigenvalue weighted by Crippen LogP contribution is 2.42. The van der Waals surface area contributed by atoms with Gasteiger partial charge in [0.15, 0.2) is 5.75 Å². The van der Waals surface area contributed by atoms with Gasteiger partial charge in [0.25, 0.3) is 0 Å². The lowest BCUT2D eigenvalue weighted by molar-refractivity contribution is 0.0933. The summed E-state index contributed by atoms with van der Waals surface area (Å²) in [5.41, 5.74) is 3.75. The molecular weight excluding hydrogens is 357 g/mol. The first-order valence-corrected chi connectivity index (χ1v) is 8.84. The van der Waals surface area contributed by atoms with Gasteiger partial charge in [0.2, 0.25) is 0 Å². The Morgan fingerprint density at radius 1 is 1.08 bits per heavy atom. The number of nitrogens with zero attached hydrogens (tertiary/aromatic N) is 1. The SMILES string of the molecule is ClCc1ncc2c(c1Oc1ccccc1)COC2c1ccc(Cl)cc1. The average Bonchev–Trinajstić information content (AvgIpc) is 3.08. The van der Waals surface area contributed by atoms with Crippen LogP contribution in [0.5, 0.6) is 11.5 Å². The summed E-state index contributed by atoms with van der Waals surface area (Å²) in [7, 11) is 0. The van der Waals surface area contributed by atoms with Gasteiger partial charge in [-0.25, -0.2) is 0 Å². The summed E-state index contributed by atoms with van der Waals surface area (Å²) in [5.74, 6) is 1.72. The molecule has 0 amide bonds. The molecule has 126 valence electrons. The van der Waals surface area contributed by atoms with E-state index < -0.39 is 0 Å². The van der Waals surface area contributed by atoms with Crippen molar-refractivity contribution in [2.45, 2.75) is 18.6 Å². The zero-order chi connectivity index (χ0) is 17.2. The summed E-state index contributed by atoms with van der Waals surface area (Å²) < 4.78 is 12.1. The molecule has 0 radical (unpaired) electrons. The van der Waals surface area contributed by atoms with Crippen LogP contribution in [0.3, 0.4) is 0 Å². The highest BCUT2D eigenvalue weighted by atomic mass is 35.5. The van der Waals surface area contributed by atoms with Gasteiger partial charge in [-0.2, -0.15) is 0 Å². The lowest BCUT2D eigenvalue weighted by atomic mass is 10.0. The van der Waals surface area contributed by atoms with E-state index >= 15 is 0 Å². The molecule has 2 heterocycles. The van der Waals surface area contributed by atoms with Gasteiger partial charge in [-0.1, -0.05) is 41.9 Å². The van der Waals surface area contributed by atoms with Crippen molar-refractivity contribution >= 4 is 23.2 Å². The van der Waals surface area contributed by atoms with Gasteiger partial charge in [0, 0.05) is 22.3 Å². The van der Waals surface area contributed by atoms with Crippen LogP contribution in [0, 0.1) is 0 Å². The van der Waals surface area contributed by atoms with Crippen molar-refractivity contribution in [2.24, 2.45) is 0 Å². The fourth-order valence-corrected chi connectivity index (χ4v) is 3.27. The van der Waals surface area contributed by atoms with Gasteiger partial charge in [-0.15, -0.1) is 11.6 Å². The number of pyridine rings is 1. The smallest absolute Gasteiger partial charge is 0.156 e. The van der Waals surface area contributed by atoms with Crippen molar-refractivity contribution in [2.75, 3.05) is 0 Å². The number of ether oxygens (including phenoxy) is 2. The van der Waals surface area contributed by atoms with Gasteiger partial charge < -0.3 is 9.47 Å². The predicted octanol–water partition coefficient (Wildman–Crippen LogP) is 5.89. The molecule has 0 fully saturated rings. The highest BCUT2D eigenvalue weighted by Gasteiger charge is 2.30. The number of fused-ring (bicyclic) bond motifs is 1. The van der Waals surface area contributed by atoms with E-state index in [1.807, 2.05) is 60.8 Å². The summed E-state index contributed by atoms with van der Waals surface area (Å²) in [5, 5.41) is 0.700. The Balaban J connectivity index is 1.75. The third kappa shape index (κ3) is 3.23. The van der Waals surface area contributed by atoms with Crippen LogP contribution in [0.4, 0.5) is 0 Å². The standard InChI is InChI=1S/C20H15Cl2NO2/c21-10-18-20(25-15-4-2-1-3-5-15)17-12-24-19(16(17)11-23-18)13-6-8-14(22)9-7-13/h1-9,11,19H,10,12H2. The predicted molar refractivity (Wildman–Crippen MR) is 98.4 cm³/mol. The second-order valence-electron chi connectivity index (χ2n) is 5.76. The summed E-state index contributed by atoms with van der Waals surface area (Å²) in [6.45, 7) is 0.456. The van der Waals surface area contributed by atoms with Crippen molar-refractivity contribution in [3.63, 3.8) is 0 Å². The number of hydrogen-bond acceptors (Lipinski definition) is 3. The largest absolute Gasteiger partial charge is 0.455 e. The maximum Gasteiger partial charge on any atom is 0.156 e. The van der Waals surface area contributed by atoms with Crippen molar-refractivity contribution in [1.29, 1.82) is 0 Å². The summed E-state index contributed by atoms with van der Waals surface area (Å²) in [6, 6.07) is 17.3. The van der Waals surface area contributed by atoms with Crippen LogP contribution in [-0.4, -0.2) is 4.98 Å². The van der Waals surface area contributed by atoms with E-state index in [9.17, 15) is 0 Å². The van der Waals surface area contributed by atoms with Crippen LogP contribution in [0.2, 0.25) is 5.02 Å². The van der Waals surface area contributed by atoms with E-state index in [2.05, 4.69) is 4.98 Å². The quantitative estimate of drug-likeness (QED) is 0.536. The normalized spacial score (nSPS) is 15.8. The monoisotopic (exact) mass is 371 g/mol. The minimum absolute atomic E-state index is 0.178. The van der Waals surface area contributed by atoms with E-state index in [1.54, 1.807) is 0 Å². The number of rotatable bonds is 4. The van der Waals surface area contributed by atoms with E-state index in [1.165, 1.54) is 0 Å². The van der Waals surface area contributed by atoms with Crippen LogP contribution in [-0.2, 0) is 17.2 Å². The molecule has 4 rings (SSSR count). The van der Waals surface area contributed by atoms with Gasteiger partial charge in [0.1, 0.15) is 11.9 Å². The Morgan fingerprint density at radius 3 is 2.56 bits per heavy atom. The molecule has 25 heavy (non-hydrogen) atoms. The van der Waals surface area contributed by atoms with Gasteiger partial charge >= 0.3 is 0 Å². The first-order chi connectivity index (χ1) is 12.3. The highest BCUT2D eigenvalue weighted by molar-refractivity contribution is 6.30. The Kier molecular flexibility index (Phi) is 4.62. The molecule has 3 nitrogen and oxygen atoms in total. The summed E-state index contributed by atoms with van der Waals surface area (Å²) in [4.78, 5) is 4.50. The lowest BCUT2D eigenvalue weighted by Crippen LogP contribution is -2.02. The first-order valence-electron chi connectivity index (χ1n) is 7.93. The Morgan fingerprint density at radius 2 is 1.84 bits per heavy atom. The second-order valence-corrected chi connectivity index (χ2v) is 6.46. The number of aromatic nitrogens is 1. The van der Waals surface area contributed by atoms with Crippen LogP contribution in [0.1, 0.15) is 28.5 Å². The molecule has 5 heteroatoms. The maximum atomic E-state index is 6.10. The summed E-state index contributed by atoms with van der Waals surface area (Å²) >= 11 is 12.1. The number of para-hydroxylation sites is 1. The van der Waals surface area contributed by atoms with Crippen LogP contribution in [0.25, 0.3) is 0 Å². The number of hydrogen-bond donors (Lipinski definition) is 0. The Hall–Kier alpha value is -2.07. The molecule has 1 aromatic heterocycles. The van der Waals surface area contributed by atoms with Crippen LogP contribution in [0.15, 0.2) is 60.8 Å². The topological polar surface area (TPSA) is 31.4 Å². The molecule has 2 aromatic carbocycles. The van der Waals surface area contributed by atoms with Crippen molar-refractivity contribution in [1.82, 2.24) is 4.98 Å². The molecule has 0 bridgehead atoms. The third-order valence-corrected chi connectivity index (χ3v) is 4.69. The molecule has 0 aliphatic carbocycles. The maximum absolute atomic E-state index is 6.10. The average molecular weight is 372 g/mol. The Labute approximate surface area is 156 Å². The lowest BCUT2D eigenvalue weighted by Gasteiger charge is -2.14. The molecule has 1 unspecified atom stereocenters. The van der Waals surface area contributed by atoms with Crippen molar-refractivity contribution in [3.05, 3.63) is 88.2 Å². The fourth-order valence-electron chi connectivity index (χ4n) is 2.96. The molecule has 1 aliphatic heterocycles. The van der Waals surface area contributed by atoms with E-state index in [4.69, 9.17) is 32.7 Å². The van der Waals surface area contributed by atoms with Crippen molar-refractivity contribution in [3.8, 4) is 11.5 Å². The van der Waals surface area contributed by atoms with Gasteiger partial charge in [-0.05, 0) is 29.8 Å². The molecular formula is C20H15Cl2NO2. The first kappa shape index (κ1) is 16.4. The second kappa shape index (κ2) is 7.04. The minimum atomic E-state index is -0.178. The minimum Gasteiger partial charge on any atom is -0.455 e. The van der Waals surface area contributed by atoms with Crippen LogP contribution < -0.4 is 4.74 Å². The zero-order valence-electron chi connectivity index (χ0n) is 13.3. The molecule has 1 aliphatic rings. The molecule has 0 saturated carbocycles. The zero-order valence-corrected chi connectivity index (χ0v) is 14.8. The van der Waals surface area contributed by atoms with Gasteiger partial charge in [0.05, 0.1) is 18.2 Å². The fraction of sp³-hybridized carbons (Fsp3) is 0.150. The molecule has 3 aromatic rings. The van der Waals surface area contributed by atoms with Crippen molar-refractivity contribution < 1.29 is 9.47 Å². The van der Waals surface area contributed by atoms with E-state index in [0.717, 1.165) is 22.4 Å². The number of benzene rings is 2.